The molecule has 0 aromatic heterocycles. The minimum atomic E-state index is 0.554. The number of aryl methyl sites for hydroxylation is 2. The fraction of sp³-hybridized carbons (Fsp3) is 0.278. The topological polar surface area (TPSA) is 38.4 Å². The van der Waals surface area contributed by atoms with Gasteiger partial charge in [-0.3, -0.25) is 0 Å². The number of benzene rings is 2. The van der Waals surface area contributed by atoms with E-state index in [1.807, 2.05) is 5.55 Å². The van der Waals surface area contributed by atoms with Crippen molar-refractivity contribution in [3.63, 3.8) is 0 Å². The van der Waals surface area contributed by atoms with Crippen LogP contribution in [0.25, 0.3) is 0 Å². The normalized spacial score (nSPS) is 11.2. The Labute approximate surface area is 131 Å². The van der Waals surface area contributed by atoms with Gasteiger partial charge in [-0.05, 0) is 41.7 Å². The fourth-order valence-electron chi connectivity index (χ4n) is 2.21. The molecule has 0 atom stereocenters. The highest BCUT2D eigenvalue weighted by Gasteiger charge is 2.01. The molecule has 0 aliphatic carbocycles. The first-order valence-electron chi connectivity index (χ1n) is 7.37. The summed E-state index contributed by atoms with van der Waals surface area (Å²) in [4.78, 5) is 5.91. The minimum absolute atomic E-state index is 0.554. The molecule has 110 valence electrons. The number of hydrogen-bond donors (Lipinski definition) is 1. The Bertz CT molecular complexity index is 620. The maximum atomic E-state index is 5.71. The number of nitrogens with zero attached hydrogens (tertiary/aromatic N) is 1. The molecule has 3 heteroatoms. The summed E-state index contributed by atoms with van der Waals surface area (Å²) in [7, 11) is 0. The molecule has 0 radical (unpaired) electrons. The van der Waals surface area contributed by atoms with Crippen molar-refractivity contribution in [1.82, 2.24) is 0 Å². The summed E-state index contributed by atoms with van der Waals surface area (Å²) in [5.74, 6) is 0. The molecule has 0 aliphatic rings. The predicted octanol–water partition coefficient (Wildman–Crippen LogP) is 4.72. The van der Waals surface area contributed by atoms with Gasteiger partial charge in [-0.2, -0.15) is 0 Å². The molecule has 0 unspecified atom stereocenters. The van der Waals surface area contributed by atoms with E-state index in [2.05, 4.69) is 61.3 Å². The van der Waals surface area contributed by atoms with Crippen LogP contribution in [-0.4, -0.2) is 5.55 Å². The summed E-state index contributed by atoms with van der Waals surface area (Å²) in [6.07, 6.45) is 2.02. The molecule has 0 bridgehead atoms. The quantitative estimate of drug-likeness (QED) is 0.476. The summed E-state index contributed by atoms with van der Waals surface area (Å²) < 4.78 is 0. The molecule has 2 aromatic carbocycles. The Hall–Kier alpha value is -1.58. The molecule has 2 aromatic rings. The van der Waals surface area contributed by atoms with Gasteiger partial charge >= 0.3 is 0 Å². The molecule has 21 heavy (non-hydrogen) atoms. The van der Waals surface area contributed by atoms with E-state index in [1.54, 1.807) is 11.8 Å². The van der Waals surface area contributed by atoms with Gasteiger partial charge in [-0.1, -0.05) is 55.9 Å². The van der Waals surface area contributed by atoms with Gasteiger partial charge in [0.25, 0.3) is 0 Å². The van der Waals surface area contributed by atoms with Crippen LogP contribution < -0.4 is 5.73 Å². The third-order valence-corrected chi connectivity index (χ3v) is 4.35. The van der Waals surface area contributed by atoms with Crippen LogP contribution in [-0.2, 0) is 19.4 Å². The zero-order valence-electron chi connectivity index (χ0n) is 12.7. The molecule has 2 nitrogen and oxygen atoms in total. The molecule has 0 spiro atoms. The highest BCUT2D eigenvalue weighted by molar-refractivity contribution is 8.12. The van der Waals surface area contributed by atoms with E-state index in [0.717, 1.165) is 24.1 Å². The number of nitrogens with two attached hydrogens (primary N) is 1. The van der Waals surface area contributed by atoms with E-state index in [-0.39, 0.29) is 0 Å². The van der Waals surface area contributed by atoms with Crippen LogP contribution in [0.15, 0.2) is 52.4 Å². The van der Waals surface area contributed by atoms with Gasteiger partial charge in [-0.15, -0.1) is 0 Å². The van der Waals surface area contributed by atoms with Crippen molar-refractivity contribution in [3.05, 3.63) is 59.2 Å². The van der Waals surface area contributed by atoms with E-state index in [9.17, 15) is 0 Å². The fourth-order valence-corrected chi connectivity index (χ4v) is 3.01. The van der Waals surface area contributed by atoms with Crippen molar-refractivity contribution in [2.45, 2.75) is 38.1 Å². The highest BCUT2D eigenvalue weighted by atomic mass is 32.2. The molecule has 0 fully saturated rings. The maximum absolute atomic E-state index is 5.71. The van der Waals surface area contributed by atoms with Gasteiger partial charge in [-0.25, -0.2) is 4.99 Å². The van der Waals surface area contributed by atoms with Crippen molar-refractivity contribution in [3.8, 4) is 0 Å². The monoisotopic (exact) mass is 298 g/mol. The Balaban J connectivity index is 2.17. The first kappa shape index (κ1) is 15.8. The van der Waals surface area contributed by atoms with Crippen LogP contribution in [0.1, 0.15) is 30.5 Å². The molecule has 0 heterocycles. The molecule has 2 N–H and O–H groups in total. The van der Waals surface area contributed by atoms with Gasteiger partial charge in [0.2, 0.25) is 0 Å². The molecular weight excluding hydrogens is 276 g/mol. The van der Waals surface area contributed by atoms with E-state index >= 15 is 0 Å². The Kier molecular flexibility index (Phi) is 6.03. The second-order valence-electron chi connectivity index (χ2n) is 4.83. The Morgan fingerprint density at radius 1 is 1.05 bits per heavy atom. The van der Waals surface area contributed by atoms with Gasteiger partial charge in [0.05, 0.1) is 11.2 Å². The third-order valence-electron chi connectivity index (χ3n) is 3.49. The average Bonchev–Trinajstić information content (AvgIpc) is 2.55. The van der Waals surface area contributed by atoms with E-state index < -0.39 is 0 Å². The molecule has 2 rings (SSSR count). The average molecular weight is 298 g/mol. The Morgan fingerprint density at radius 3 is 2.52 bits per heavy atom. The molecule has 0 aliphatic heterocycles. The van der Waals surface area contributed by atoms with Crippen molar-refractivity contribution >= 4 is 23.0 Å². The van der Waals surface area contributed by atoms with Crippen LogP contribution in [0.2, 0.25) is 0 Å². The number of aliphatic imine (C=N–C) groups is 1. The third kappa shape index (κ3) is 4.19. The minimum Gasteiger partial charge on any atom is -0.326 e. The zero-order valence-corrected chi connectivity index (χ0v) is 13.5. The SMILES string of the molecule is CCc1ccc(CN)cc1N=CSc1ccccc1CC. The number of thioether (sulfide) groups is 1. The lowest BCUT2D eigenvalue weighted by atomic mass is 10.1. The van der Waals surface area contributed by atoms with Crippen molar-refractivity contribution in [2.75, 3.05) is 0 Å². The summed E-state index contributed by atoms with van der Waals surface area (Å²) in [6, 6.07) is 14.8. The molecule has 0 saturated carbocycles. The molecule has 0 amide bonds. The lowest BCUT2D eigenvalue weighted by Gasteiger charge is -2.06. The smallest absolute Gasteiger partial charge is 0.0671 e. The van der Waals surface area contributed by atoms with Crippen LogP contribution in [0.4, 0.5) is 5.69 Å². The van der Waals surface area contributed by atoms with Gasteiger partial charge in [0.15, 0.2) is 0 Å². The summed E-state index contributed by atoms with van der Waals surface area (Å²) in [5, 5.41) is 0. The standard InChI is InChI=1S/C18H22N2S/c1-3-15-10-9-14(12-19)11-17(15)20-13-21-18-8-6-5-7-16(18)4-2/h5-11,13H,3-4,12,19H2,1-2H3. The number of rotatable bonds is 6. The summed E-state index contributed by atoms with van der Waals surface area (Å²) in [5.41, 5.74) is 12.4. The van der Waals surface area contributed by atoms with Gasteiger partial charge < -0.3 is 5.73 Å². The van der Waals surface area contributed by atoms with Crippen molar-refractivity contribution in [2.24, 2.45) is 10.7 Å². The van der Waals surface area contributed by atoms with Gasteiger partial charge in [0.1, 0.15) is 0 Å². The largest absolute Gasteiger partial charge is 0.326 e. The van der Waals surface area contributed by atoms with Gasteiger partial charge in [0, 0.05) is 11.4 Å². The highest BCUT2D eigenvalue weighted by Crippen LogP contribution is 2.25. The lowest BCUT2D eigenvalue weighted by molar-refractivity contribution is 1.06. The summed E-state index contributed by atoms with van der Waals surface area (Å²) >= 11 is 1.68. The second kappa shape index (κ2) is 8.01. The molecular formula is C18H22N2S. The summed E-state index contributed by atoms with van der Waals surface area (Å²) in [6.45, 7) is 4.88. The zero-order chi connectivity index (χ0) is 15.1. The van der Waals surface area contributed by atoms with Crippen molar-refractivity contribution < 1.29 is 0 Å². The van der Waals surface area contributed by atoms with Crippen LogP contribution in [0.3, 0.4) is 0 Å². The van der Waals surface area contributed by atoms with Crippen LogP contribution in [0.5, 0.6) is 0 Å². The van der Waals surface area contributed by atoms with E-state index in [4.69, 9.17) is 5.73 Å². The van der Waals surface area contributed by atoms with Crippen LogP contribution in [0, 0.1) is 0 Å². The van der Waals surface area contributed by atoms with Crippen molar-refractivity contribution in [1.29, 1.82) is 0 Å². The predicted molar refractivity (Wildman–Crippen MR) is 93.5 cm³/mol. The first-order chi connectivity index (χ1) is 10.3. The van der Waals surface area contributed by atoms with E-state index in [1.165, 1.54) is 16.0 Å². The first-order valence-corrected chi connectivity index (χ1v) is 8.25. The Morgan fingerprint density at radius 2 is 1.81 bits per heavy atom. The van der Waals surface area contributed by atoms with Crippen LogP contribution >= 0.6 is 11.8 Å². The maximum Gasteiger partial charge on any atom is 0.0671 e. The van der Waals surface area contributed by atoms with E-state index in [0.29, 0.717) is 6.54 Å². The second-order valence-corrected chi connectivity index (χ2v) is 5.72. The molecule has 0 saturated heterocycles. The number of hydrogen-bond acceptors (Lipinski definition) is 3. The lowest BCUT2D eigenvalue weighted by Crippen LogP contribution is -1.96.